The minimum absolute atomic E-state index is 0.0464. The van der Waals surface area contributed by atoms with Crippen molar-refractivity contribution >= 4 is 25.8 Å². The molecule has 14 heteroatoms. The predicted molar refractivity (Wildman–Crippen MR) is 111 cm³/mol. The Morgan fingerprint density at radius 3 is 1.79 bits per heavy atom. The molecule has 0 bridgehead atoms. The molecule has 1 aliphatic rings. The number of hydrogen-bond acceptors (Lipinski definition) is 5. The third kappa shape index (κ3) is 5.27. The van der Waals surface area contributed by atoms with E-state index in [0.717, 1.165) is 23.8 Å². The summed E-state index contributed by atoms with van der Waals surface area (Å²) in [6.45, 7) is 0. The fourth-order valence-electron chi connectivity index (χ4n) is 3.88. The minimum Gasteiger partial charge on any atom is -0.374 e. The number of para-hydroxylation sites is 2. The molecule has 6 nitrogen and oxygen atoms in total. The first-order valence-corrected chi connectivity index (χ1v) is 12.8. The van der Waals surface area contributed by atoms with Crippen molar-refractivity contribution < 1.29 is 47.4 Å². The normalized spacial score (nSPS) is 20.1. The van der Waals surface area contributed by atoms with Gasteiger partial charge in [-0.15, -0.1) is 0 Å². The third-order valence-corrected chi connectivity index (χ3v) is 8.00. The predicted octanol–water partition coefficient (Wildman–Crippen LogP) is 5.30. The van der Waals surface area contributed by atoms with E-state index in [9.17, 15) is 43.2 Å². The van der Waals surface area contributed by atoms with E-state index < -0.39 is 48.6 Å². The lowest BCUT2D eigenvalue weighted by molar-refractivity contribution is -0.0501. The van der Waals surface area contributed by atoms with E-state index in [0.29, 0.717) is 18.9 Å². The van der Waals surface area contributed by atoms with Gasteiger partial charge in [-0.1, -0.05) is 42.5 Å². The Morgan fingerprint density at radius 1 is 0.735 bits per heavy atom. The van der Waals surface area contributed by atoms with Gasteiger partial charge in [0.2, 0.25) is 0 Å². The Morgan fingerprint density at radius 2 is 1.26 bits per heavy atom. The second kappa shape index (κ2) is 9.29. The molecule has 0 amide bonds. The molecule has 0 aliphatic heterocycles. The molecule has 1 saturated carbocycles. The Kier molecular flexibility index (Phi) is 7.14. The lowest BCUT2D eigenvalue weighted by Gasteiger charge is -2.38. The Hall–Kier alpha value is -2.48. The largest absolute Gasteiger partial charge is 0.534 e. The summed E-state index contributed by atoms with van der Waals surface area (Å²) in [7, 11) is -12.4. The zero-order chi connectivity index (χ0) is 25.4. The fourth-order valence-corrected chi connectivity index (χ4v) is 5.59. The molecule has 0 spiro atoms. The van der Waals surface area contributed by atoms with Gasteiger partial charge in [-0.3, -0.25) is 4.31 Å². The summed E-state index contributed by atoms with van der Waals surface area (Å²) in [6.07, 6.45) is 0.523. The molecule has 2 aromatic carbocycles. The van der Waals surface area contributed by atoms with Crippen molar-refractivity contribution in [2.75, 3.05) is 4.31 Å². The van der Waals surface area contributed by atoms with Gasteiger partial charge in [-0.2, -0.15) is 43.2 Å². The van der Waals surface area contributed by atoms with Crippen molar-refractivity contribution in [3.63, 3.8) is 0 Å². The maximum absolute atomic E-state index is 13.6. The van der Waals surface area contributed by atoms with Crippen LogP contribution >= 0.6 is 0 Å². The second-order valence-corrected chi connectivity index (χ2v) is 11.0. The zero-order valence-electron chi connectivity index (χ0n) is 17.3. The highest BCUT2D eigenvalue weighted by atomic mass is 32.2. The first-order chi connectivity index (χ1) is 15.6. The van der Waals surface area contributed by atoms with Crippen LogP contribution in [0.25, 0.3) is 0 Å². The van der Waals surface area contributed by atoms with Crippen molar-refractivity contribution in [2.24, 2.45) is 0 Å². The summed E-state index contributed by atoms with van der Waals surface area (Å²) in [5.74, 6) is -1.23. The van der Waals surface area contributed by atoms with E-state index >= 15 is 0 Å². The number of rotatable bonds is 6. The third-order valence-electron chi connectivity index (χ3n) is 5.44. The molecule has 1 aliphatic carbocycles. The SMILES string of the molecule is O=S(=O)(Oc1ccccc1N(C1CCC(c2ccccc2)CC1)S(=O)(=O)C(F)(F)F)C(F)(F)F. The van der Waals surface area contributed by atoms with Gasteiger partial charge in [0.1, 0.15) is 0 Å². The highest BCUT2D eigenvalue weighted by Gasteiger charge is 2.54. The van der Waals surface area contributed by atoms with Gasteiger partial charge in [0.25, 0.3) is 0 Å². The Labute approximate surface area is 192 Å². The van der Waals surface area contributed by atoms with E-state index in [4.69, 9.17) is 0 Å². The van der Waals surface area contributed by atoms with Crippen LogP contribution in [-0.4, -0.2) is 33.9 Å². The van der Waals surface area contributed by atoms with Gasteiger partial charge in [-0.25, -0.2) is 0 Å². The van der Waals surface area contributed by atoms with Crippen molar-refractivity contribution in [1.82, 2.24) is 0 Å². The lowest BCUT2D eigenvalue weighted by Crippen LogP contribution is -2.48. The lowest BCUT2D eigenvalue weighted by atomic mass is 9.81. The zero-order valence-corrected chi connectivity index (χ0v) is 18.9. The number of benzene rings is 2. The molecule has 0 unspecified atom stereocenters. The molecule has 34 heavy (non-hydrogen) atoms. The Bertz CT molecular complexity index is 1210. The standard InChI is InChI=1S/C20H19F6NO5S2/c21-19(22,23)33(28,29)27(16-12-10-15(11-13-16)14-6-2-1-3-7-14)17-8-4-5-9-18(17)32-34(30,31)20(24,25)26/h1-9,15-16H,10-13H2. The number of anilines is 1. The van der Waals surface area contributed by atoms with Gasteiger partial charge in [-0.05, 0) is 49.3 Å². The first kappa shape index (κ1) is 26.1. The van der Waals surface area contributed by atoms with Gasteiger partial charge in [0.05, 0.1) is 5.69 Å². The van der Waals surface area contributed by atoms with E-state index in [1.165, 1.54) is 0 Å². The van der Waals surface area contributed by atoms with Crippen LogP contribution in [-0.2, 0) is 20.1 Å². The number of nitrogens with zero attached hydrogens (tertiary/aromatic N) is 1. The van der Waals surface area contributed by atoms with Gasteiger partial charge < -0.3 is 4.18 Å². The van der Waals surface area contributed by atoms with Crippen molar-refractivity contribution in [1.29, 1.82) is 0 Å². The van der Waals surface area contributed by atoms with Gasteiger partial charge in [0, 0.05) is 6.04 Å². The van der Waals surface area contributed by atoms with Crippen molar-refractivity contribution in [3.05, 3.63) is 60.2 Å². The maximum Gasteiger partial charge on any atom is 0.534 e. The van der Waals surface area contributed by atoms with Crippen molar-refractivity contribution in [2.45, 2.75) is 48.7 Å². The molecular weight excluding hydrogens is 512 g/mol. The molecular formula is C20H19F6NO5S2. The Balaban J connectivity index is 2.02. The van der Waals surface area contributed by atoms with Crippen LogP contribution in [0.1, 0.15) is 37.2 Å². The smallest absolute Gasteiger partial charge is 0.374 e. The molecule has 2 aromatic rings. The maximum atomic E-state index is 13.6. The highest BCUT2D eigenvalue weighted by Crippen LogP contribution is 2.44. The molecule has 0 saturated heterocycles. The van der Waals surface area contributed by atoms with E-state index in [1.807, 2.05) is 12.1 Å². The van der Waals surface area contributed by atoms with E-state index in [-0.39, 0.29) is 23.1 Å². The number of halogens is 6. The average Bonchev–Trinajstić information content (AvgIpc) is 2.74. The number of sulfonamides is 1. The molecule has 188 valence electrons. The molecule has 0 radical (unpaired) electrons. The monoisotopic (exact) mass is 531 g/mol. The quantitative estimate of drug-likeness (QED) is 0.287. The average molecular weight is 531 g/mol. The van der Waals surface area contributed by atoms with Crippen LogP contribution < -0.4 is 8.49 Å². The van der Waals surface area contributed by atoms with Crippen LogP contribution in [0.5, 0.6) is 5.75 Å². The summed E-state index contributed by atoms with van der Waals surface area (Å²) in [6, 6.07) is 11.3. The van der Waals surface area contributed by atoms with E-state index in [1.54, 1.807) is 18.2 Å². The highest BCUT2D eigenvalue weighted by molar-refractivity contribution is 7.93. The molecule has 0 atom stereocenters. The molecule has 3 rings (SSSR count). The molecule has 0 heterocycles. The van der Waals surface area contributed by atoms with Gasteiger partial charge in [0.15, 0.2) is 5.75 Å². The van der Waals surface area contributed by atoms with Crippen LogP contribution in [0.2, 0.25) is 0 Å². The first-order valence-electron chi connectivity index (χ1n) is 9.90. The summed E-state index contributed by atoms with van der Waals surface area (Å²) in [4.78, 5) is 0. The van der Waals surface area contributed by atoms with Crippen LogP contribution in [0.3, 0.4) is 0 Å². The molecule has 0 aromatic heterocycles. The summed E-state index contributed by atoms with van der Waals surface area (Å²) >= 11 is 0. The summed E-state index contributed by atoms with van der Waals surface area (Å²) < 4.78 is 131. The summed E-state index contributed by atoms with van der Waals surface area (Å²) in [5.41, 5.74) is -11.7. The van der Waals surface area contributed by atoms with Crippen LogP contribution in [0.15, 0.2) is 54.6 Å². The minimum atomic E-state index is -6.27. The number of hydrogen-bond donors (Lipinski definition) is 0. The second-order valence-electron chi connectivity index (χ2n) is 7.61. The van der Waals surface area contributed by atoms with Crippen LogP contribution in [0, 0.1) is 0 Å². The van der Waals surface area contributed by atoms with Gasteiger partial charge >= 0.3 is 31.2 Å². The molecule has 1 fully saturated rings. The van der Waals surface area contributed by atoms with Crippen molar-refractivity contribution in [3.8, 4) is 5.75 Å². The van der Waals surface area contributed by atoms with Crippen LogP contribution in [0.4, 0.5) is 32.0 Å². The summed E-state index contributed by atoms with van der Waals surface area (Å²) in [5, 5.41) is 0. The van der Waals surface area contributed by atoms with E-state index in [2.05, 4.69) is 4.18 Å². The topological polar surface area (TPSA) is 80.8 Å². The fraction of sp³-hybridized carbons (Fsp3) is 0.400. The number of alkyl halides is 6. The molecule has 0 N–H and O–H groups in total.